The van der Waals surface area contributed by atoms with Gasteiger partial charge in [-0.25, -0.2) is 4.79 Å². The minimum Gasteiger partial charge on any atom is -0.452 e. The minimum absolute atomic E-state index is 0.221. The van der Waals surface area contributed by atoms with Crippen LogP contribution in [0.2, 0.25) is 10.0 Å². The highest BCUT2D eigenvalue weighted by atomic mass is 35.5. The van der Waals surface area contributed by atoms with Gasteiger partial charge in [0, 0.05) is 10.7 Å². The van der Waals surface area contributed by atoms with Crippen LogP contribution in [0.3, 0.4) is 0 Å². The summed E-state index contributed by atoms with van der Waals surface area (Å²) in [5, 5.41) is 3.28. The predicted molar refractivity (Wildman–Crippen MR) is 91.0 cm³/mol. The van der Waals surface area contributed by atoms with E-state index in [-0.39, 0.29) is 5.56 Å². The summed E-state index contributed by atoms with van der Waals surface area (Å²) in [7, 11) is 0. The molecule has 5 nitrogen and oxygen atoms in total. The van der Waals surface area contributed by atoms with Gasteiger partial charge in [0.25, 0.3) is 5.91 Å². The number of hydrogen-bond acceptors (Lipinski definition) is 4. The number of para-hydroxylation sites is 1. The van der Waals surface area contributed by atoms with E-state index in [1.54, 1.807) is 31.2 Å². The first-order chi connectivity index (χ1) is 10.9. The summed E-state index contributed by atoms with van der Waals surface area (Å²) < 4.78 is 4.96. The largest absolute Gasteiger partial charge is 0.452 e. The van der Waals surface area contributed by atoms with Crippen molar-refractivity contribution in [2.75, 3.05) is 17.7 Å². The van der Waals surface area contributed by atoms with Crippen LogP contribution in [-0.4, -0.2) is 18.5 Å². The molecule has 0 fully saturated rings. The van der Waals surface area contributed by atoms with Crippen LogP contribution in [0.1, 0.15) is 15.9 Å². The van der Waals surface area contributed by atoms with E-state index in [0.717, 1.165) is 5.56 Å². The highest BCUT2D eigenvalue weighted by Gasteiger charge is 2.15. The molecule has 7 heteroatoms. The first-order valence-corrected chi connectivity index (χ1v) is 7.41. The number of halogens is 2. The van der Waals surface area contributed by atoms with Gasteiger partial charge in [0.1, 0.15) is 0 Å². The van der Waals surface area contributed by atoms with E-state index in [0.29, 0.717) is 21.4 Å². The van der Waals surface area contributed by atoms with Crippen molar-refractivity contribution < 1.29 is 14.3 Å². The molecule has 0 aliphatic carbocycles. The number of rotatable bonds is 4. The molecule has 2 aromatic carbocycles. The Labute approximate surface area is 143 Å². The Morgan fingerprint density at radius 3 is 2.70 bits per heavy atom. The van der Waals surface area contributed by atoms with Gasteiger partial charge >= 0.3 is 5.97 Å². The molecule has 2 aromatic rings. The minimum atomic E-state index is -0.668. The lowest BCUT2D eigenvalue weighted by atomic mass is 10.1. The predicted octanol–water partition coefficient (Wildman–Crippen LogP) is 3.68. The molecule has 0 atom stereocenters. The van der Waals surface area contributed by atoms with E-state index in [1.807, 2.05) is 0 Å². The quantitative estimate of drug-likeness (QED) is 0.649. The monoisotopic (exact) mass is 352 g/mol. The Hall–Kier alpha value is -2.24. The van der Waals surface area contributed by atoms with E-state index in [1.165, 1.54) is 12.1 Å². The second-order valence-corrected chi connectivity index (χ2v) is 5.63. The summed E-state index contributed by atoms with van der Waals surface area (Å²) in [6.45, 7) is 1.31. The van der Waals surface area contributed by atoms with Crippen LogP contribution >= 0.6 is 23.2 Å². The molecule has 120 valence electrons. The Bertz CT molecular complexity index is 763. The van der Waals surface area contributed by atoms with Crippen LogP contribution < -0.4 is 11.1 Å². The zero-order valence-corrected chi connectivity index (χ0v) is 13.7. The Morgan fingerprint density at radius 1 is 1.22 bits per heavy atom. The fourth-order valence-electron chi connectivity index (χ4n) is 1.85. The summed E-state index contributed by atoms with van der Waals surface area (Å²) in [6.07, 6.45) is 0. The first kappa shape index (κ1) is 17.1. The van der Waals surface area contributed by atoms with Crippen molar-refractivity contribution in [1.82, 2.24) is 0 Å². The topological polar surface area (TPSA) is 81.4 Å². The first-order valence-electron chi connectivity index (χ1n) is 6.65. The lowest BCUT2D eigenvalue weighted by Crippen LogP contribution is -2.21. The van der Waals surface area contributed by atoms with Crippen LogP contribution in [-0.2, 0) is 9.53 Å². The number of nitrogen functional groups attached to an aromatic ring is 1. The van der Waals surface area contributed by atoms with Crippen molar-refractivity contribution in [3.63, 3.8) is 0 Å². The Balaban J connectivity index is 1.98. The maximum absolute atomic E-state index is 12.0. The third kappa shape index (κ3) is 4.37. The van der Waals surface area contributed by atoms with Gasteiger partial charge < -0.3 is 15.8 Å². The standard InChI is InChI=1S/C16H14Cl2N2O3/c1-9-3-2-4-11(15(9)19)16(22)23-8-14(21)20-13-7-10(17)5-6-12(13)18/h2-7H,8,19H2,1H3,(H,20,21). The zero-order valence-electron chi connectivity index (χ0n) is 12.2. The number of ether oxygens (including phenoxy) is 1. The average molecular weight is 353 g/mol. The normalized spacial score (nSPS) is 10.2. The van der Waals surface area contributed by atoms with Crippen LogP contribution in [0.15, 0.2) is 36.4 Å². The molecule has 1 amide bonds. The molecule has 0 unspecified atom stereocenters. The second-order valence-electron chi connectivity index (χ2n) is 4.78. The number of aryl methyl sites for hydroxylation is 1. The van der Waals surface area contributed by atoms with Crippen molar-refractivity contribution >= 4 is 46.5 Å². The SMILES string of the molecule is Cc1cccc(C(=O)OCC(=O)Nc2cc(Cl)ccc2Cl)c1N. The molecule has 0 bridgehead atoms. The number of amides is 1. The van der Waals surface area contributed by atoms with Gasteiger partial charge in [0.05, 0.1) is 16.3 Å². The molecule has 23 heavy (non-hydrogen) atoms. The van der Waals surface area contributed by atoms with Crippen LogP contribution in [0, 0.1) is 6.92 Å². The Morgan fingerprint density at radius 2 is 1.96 bits per heavy atom. The van der Waals surface area contributed by atoms with E-state index < -0.39 is 18.5 Å². The number of carbonyl (C=O) groups excluding carboxylic acids is 2. The average Bonchev–Trinajstić information content (AvgIpc) is 2.51. The van der Waals surface area contributed by atoms with E-state index >= 15 is 0 Å². The van der Waals surface area contributed by atoms with Crippen LogP contribution in [0.25, 0.3) is 0 Å². The molecular formula is C16H14Cl2N2O3. The third-order valence-corrected chi connectivity index (χ3v) is 3.65. The molecule has 0 saturated heterocycles. The van der Waals surface area contributed by atoms with E-state index in [2.05, 4.69) is 5.32 Å². The molecular weight excluding hydrogens is 339 g/mol. The zero-order chi connectivity index (χ0) is 17.0. The maximum atomic E-state index is 12.0. The van der Waals surface area contributed by atoms with Crippen LogP contribution in [0.4, 0.5) is 11.4 Å². The second kappa shape index (κ2) is 7.35. The summed E-state index contributed by atoms with van der Waals surface area (Å²) >= 11 is 11.8. The molecule has 3 N–H and O–H groups in total. The molecule has 0 saturated carbocycles. The van der Waals surface area contributed by atoms with Crippen molar-refractivity contribution in [2.45, 2.75) is 6.92 Å². The van der Waals surface area contributed by atoms with Gasteiger partial charge in [-0.3, -0.25) is 4.79 Å². The number of esters is 1. The van der Waals surface area contributed by atoms with Crippen LogP contribution in [0.5, 0.6) is 0 Å². The summed E-state index contributed by atoms with van der Waals surface area (Å²) in [5.74, 6) is -1.20. The number of anilines is 2. The fourth-order valence-corrected chi connectivity index (χ4v) is 2.18. The molecule has 0 aliphatic rings. The number of nitrogens with one attached hydrogen (secondary N) is 1. The van der Waals surface area contributed by atoms with Gasteiger partial charge in [-0.1, -0.05) is 35.3 Å². The molecule has 0 radical (unpaired) electrons. The molecule has 0 aromatic heterocycles. The number of benzene rings is 2. The lowest BCUT2D eigenvalue weighted by Gasteiger charge is -2.10. The molecule has 0 heterocycles. The number of nitrogens with two attached hydrogens (primary N) is 1. The third-order valence-electron chi connectivity index (χ3n) is 3.08. The molecule has 0 aliphatic heterocycles. The maximum Gasteiger partial charge on any atom is 0.340 e. The van der Waals surface area contributed by atoms with Gasteiger partial charge in [0.15, 0.2) is 6.61 Å². The fraction of sp³-hybridized carbons (Fsp3) is 0.125. The lowest BCUT2D eigenvalue weighted by molar-refractivity contribution is -0.119. The van der Waals surface area contributed by atoms with E-state index in [4.69, 9.17) is 33.7 Å². The molecule has 0 spiro atoms. The highest BCUT2D eigenvalue weighted by Crippen LogP contribution is 2.25. The van der Waals surface area contributed by atoms with Gasteiger partial charge in [0.2, 0.25) is 0 Å². The van der Waals surface area contributed by atoms with Gasteiger partial charge in [-0.05, 0) is 36.8 Å². The smallest absolute Gasteiger partial charge is 0.340 e. The summed E-state index contributed by atoms with van der Waals surface area (Å²) in [6, 6.07) is 9.66. The van der Waals surface area contributed by atoms with Crippen molar-refractivity contribution in [2.24, 2.45) is 0 Å². The highest BCUT2D eigenvalue weighted by molar-refractivity contribution is 6.35. The Kier molecular flexibility index (Phi) is 5.47. The van der Waals surface area contributed by atoms with Crippen molar-refractivity contribution in [1.29, 1.82) is 0 Å². The van der Waals surface area contributed by atoms with Crippen molar-refractivity contribution in [3.8, 4) is 0 Å². The summed E-state index contributed by atoms with van der Waals surface area (Å²) in [5.41, 5.74) is 7.47. The van der Waals surface area contributed by atoms with Crippen molar-refractivity contribution in [3.05, 3.63) is 57.6 Å². The number of carbonyl (C=O) groups is 2. The number of hydrogen-bond donors (Lipinski definition) is 2. The van der Waals surface area contributed by atoms with Gasteiger partial charge in [-0.15, -0.1) is 0 Å². The summed E-state index contributed by atoms with van der Waals surface area (Å²) in [4.78, 5) is 23.8. The molecule has 2 rings (SSSR count). The van der Waals surface area contributed by atoms with E-state index in [9.17, 15) is 9.59 Å². The van der Waals surface area contributed by atoms with Gasteiger partial charge in [-0.2, -0.15) is 0 Å².